The Balaban J connectivity index is 0.00000225. The van der Waals surface area contributed by atoms with E-state index < -0.39 is 0 Å². The Morgan fingerprint density at radius 1 is 1.28 bits per heavy atom. The van der Waals surface area contributed by atoms with Crippen LogP contribution in [-0.2, 0) is 16.0 Å². The number of methoxy groups -OCH3 is 1. The summed E-state index contributed by atoms with van der Waals surface area (Å²) < 4.78 is 5.39. The fourth-order valence-electron chi connectivity index (χ4n) is 3.53. The number of hydrogen-bond acceptors (Lipinski definition) is 4. The number of carbonyl (C=O) groups is 2. The summed E-state index contributed by atoms with van der Waals surface area (Å²) in [5.41, 5.74) is 2.50. The second-order valence-electron chi connectivity index (χ2n) is 6.79. The van der Waals surface area contributed by atoms with E-state index in [9.17, 15) is 9.59 Å². The molecule has 3 N–H and O–H groups in total. The van der Waals surface area contributed by atoms with Crippen molar-refractivity contribution in [3.63, 3.8) is 0 Å². The van der Waals surface area contributed by atoms with Gasteiger partial charge in [-0.25, -0.2) is 0 Å². The number of hydrogen-bond donors (Lipinski definition) is 3. The topological polar surface area (TPSA) is 79.5 Å². The average Bonchev–Trinajstić information content (AvgIpc) is 2.60. The summed E-state index contributed by atoms with van der Waals surface area (Å²) in [7, 11) is 1.71. The summed E-state index contributed by atoms with van der Waals surface area (Å²) in [4.78, 5) is 23.9. The molecule has 3 rings (SSSR count). The maximum Gasteiger partial charge on any atom is 0.251 e. The van der Waals surface area contributed by atoms with Gasteiger partial charge in [0, 0.05) is 36.7 Å². The number of fused-ring (bicyclic) bond motifs is 1. The van der Waals surface area contributed by atoms with E-state index in [0.29, 0.717) is 31.6 Å². The minimum atomic E-state index is -0.0660. The SMILES string of the molecule is COCC1(CNC(=O)c2ccc3c(c2)CCC(=O)N3)CCNCC1.Cl. The highest BCUT2D eigenvalue weighted by Gasteiger charge is 2.32. The third kappa shape index (κ3) is 4.71. The largest absolute Gasteiger partial charge is 0.384 e. The third-order valence-corrected chi connectivity index (χ3v) is 5.00. The minimum absolute atomic E-state index is 0. The molecule has 0 aromatic heterocycles. The van der Waals surface area contributed by atoms with Crippen LogP contribution < -0.4 is 16.0 Å². The number of rotatable bonds is 5. The van der Waals surface area contributed by atoms with Gasteiger partial charge in [-0.2, -0.15) is 0 Å². The Bertz CT molecular complexity index is 624. The first kappa shape index (κ1) is 19.7. The number of ether oxygens (including phenoxy) is 1. The molecule has 138 valence electrons. The predicted molar refractivity (Wildman–Crippen MR) is 99.4 cm³/mol. The first-order valence-corrected chi connectivity index (χ1v) is 8.53. The smallest absolute Gasteiger partial charge is 0.251 e. The standard InChI is InChI=1S/C18H25N3O3.ClH/c1-24-12-18(6-8-19-9-7-18)11-20-17(23)14-2-4-15-13(10-14)3-5-16(22)21-15;/h2,4,10,19H,3,5-9,11-12H2,1H3,(H,20,23)(H,21,22);1H. The van der Waals surface area contributed by atoms with Crippen molar-refractivity contribution in [3.8, 4) is 0 Å². The van der Waals surface area contributed by atoms with Crippen molar-refractivity contribution in [2.24, 2.45) is 5.41 Å². The number of piperidine rings is 1. The Labute approximate surface area is 154 Å². The van der Waals surface area contributed by atoms with Gasteiger partial charge in [-0.15, -0.1) is 12.4 Å². The molecule has 0 bridgehead atoms. The monoisotopic (exact) mass is 367 g/mol. The zero-order valence-electron chi connectivity index (χ0n) is 14.5. The third-order valence-electron chi connectivity index (χ3n) is 5.00. The van der Waals surface area contributed by atoms with Gasteiger partial charge in [-0.3, -0.25) is 9.59 Å². The normalized spacial score (nSPS) is 18.5. The molecule has 0 aliphatic carbocycles. The number of benzene rings is 1. The summed E-state index contributed by atoms with van der Waals surface area (Å²) >= 11 is 0. The summed E-state index contributed by atoms with van der Waals surface area (Å²) in [6, 6.07) is 5.47. The molecular weight excluding hydrogens is 342 g/mol. The summed E-state index contributed by atoms with van der Waals surface area (Å²) in [5, 5.41) is 9.27. The molecule has 2 aliphatic rings. The van der Waals surface area contributed by atoms with E-state index in [1.165, 1.54) is 0 Å². The Morgan fingerprint density at radius 2 is 2.04 bits per heavy atom. The molecule has 1 aromatic carbocycles. The second-order valence-corrected chi connectivity index (χ2v) is 6.79. The Kier molecular flexibility index (Phi) is 6.81. The molecule has 0 spiro atoms. The summed E-state index contributed by atoms with van der Waals surface area (Å²) in [5.74, 6) is -0.0316. The average molecular weight is 368 g/mol. The Morgan fingerprint density at radius 3 is 2.76 bits per heavy atom. The van der Waals surface area contributed by atoms with E-state index in [2.05, 4.69) is 16.0 Å². The molecule has 1 saturated heterocycles. The highest BCUT2D eigenvalue weighted by molar-refractivity contribution is 5.97. The van der Waals surface area contributed by atoms with Crippen LogP contribution in [0.15, 0.2) is 18.2 Å². The van der Waals surface area contributed by atoms with Gasteiger partial charge in [0.2, 0.25) is 5.91 Å². The van der Waals surface area contributed by atoms with Gasteiger partial charge in [0.15, 0.2) is 0 Å². The molecule has 0 radical (unpaired) electrons. The van der Waals surface area contributed by atoms with Gasteiger partial charge in [0.05, 0.1) is 6.61 Å². The van der Waals surface area contributed by atoms with Crippen molar-refractivity contribution >= 4 is 29.9 Å². The van der Waals surface area contributed by atoms with Gasteiger partial charge in [0.25, 0.3) is 5.91 Å². The van der Waals surface area contributed by atoms with Crippen LogP contribution >= 0.6 is 12.4 Å². The Hall–Kier alpha value is -1.63. The van der Waals surface area contributed by atoms with E-state index in [1.807, 2.05) is 12.1 Å². The van der Waals surface area contributed by atoms with Crippen molar-refractivity contribution in [1.29, 1.82) is 0 Å². The van der Waals surface area contributed by atoms with Gasteiger partial charge >= 0.3 is 0 Å². The van der Waals surface area contributed by atoms with Crippen molar-refractivity contribution < 1.29 is 14.3 Å². The van der Waals surface area contributed by atoms with Crippen LogP contribution in [0.1, 0.15) is 35.2 Å². The van der Waals surface area contributed by atoms with Crippen LogP contribution in [0.25, 0.3) is 0 Å². The van der Waals surface area contributed by atoms with Gasteiger partial charge in [0.1, 0.15) is 0 Å². The predicted octanol–water partition coefficient (Wildman–Crippen LogP) is 1.74. The van der Waals surface area contributed by atoms with Crippen LogP contribution in [0, 0.1) is 5.41 Å². The van der Waals surface area contributed by atoms with E-state index >= 15 is 0 Å². The molecule has 1 fully saturated rings. The van der Waals surface area contributed by atoms with Gasteiger partial charge < -0.3 is 20.7 Å². The molecule has 25 heavy (non-hydrogen) atoms. The summed E-state index contributed by atoms with van der Waals surface area (Å²) in [6.45, 7) is 3.19. The number of anilines is 1. The molecule has 7 heteroatoms. The van der Waals surface area contributed by atoms with Crippen molar-refractivity contribution in [2.75, 3.05) is 38.7 Å². The van der Waals surface area contributed by atoms with Crippen molar-refractivity contribution in [1.82, 2.24) is 10.6 Å². The van der Waals surface area contributed by atoms with Crippen LogP contribution in [0.5, 0.6) is 0 Å². The highest BCUT2D eigenvalue weighted by Crippen LogP contribution is 2.28. The number of aryl methyl sites for hydroxylation is 1. The lowest BCUT2D eigenvalue weighted by atomic mass is 9.79. The van der Waals surface area contributed by atoms with E-state index in [1.54, 1.807) is 13.2 Å². The van der Waals surface area contributed by atoms with Crippen LogP contribution in [0.2, 0.25) is 0 Å². The number of carbonyl (C=O) groups excluding carboxylic acids is 2. The maximum absolute atomic E-state index is 12.5. The molecule has 2 heterocycles. The summed E-state index contributed by atoms with van der Waals surface area (Å²) in [6.07, 6.45) is 3.15. The highest BCUT2D eigenvalue weighted by atomic mass is 35.5. The first-order chi connectivity index (χ1) is 11.6. The fraction of sp³-hybridized carbons (Fsp3) is 0.556. The van der Waals surface area contributed by atoms with E-state index in [4.69, 9.17) is 4.74 Å². The van der Waals surface area contributed by atoms with E-state index in [0.717, 1.165) is 37.2 Å². The molecule has 6 nitrogen and oxygen atoms in total. The quantitative estimate of drug-likeness (QED) is 0.740. The van der Waals surface area contributed by atoms with Crippen molar-refractivity contribution in [3.05, 3.63) is 29.3 Å². The second kappa shape index (κ2) is 8.65. The molecule has 0 saturated carbocycles. The van der Waals surface area contributed by atoms with Gasteiger partial charge in [-0.1, -0.05) is 0 Å². The van der Waals surface area contributed by atoms with Crippen LogP contribution in [0.4, 0.5) is 5.69 Å². The number of nitrogens with one attached hydrogen (secondary N) is 3. The lowest BCUT2D eigenvalue weighted by Gasteiger charge is -2.37. The van der Waals surface area contributed by atoms with Gasteiger partial charge in [-0.05, 0) is 56.1 Å². The maximum atomic E-state index is 12.5. The number of amides is 2. The van der Waals surface area contributed by atoms with E-state index in [-0.39, 0.29) is 29.6 Å². The molecule has 1 aromatic rings. The zero-order valence-corrected chi connectivity index (χ0v) is 15.3. The molecule has 2 aliphatic heterocycles. The van der Waals surface area contributed by atoms with Crippen LogP contribution in [0.3, 0.4) is 0 Å². The van der Waals surface area contributed by atoms with Crippen molar-refractivity contribution in [2.45, 2.75) is 25.7 Å². The molecular formula is C18H26ClN3O3. The lowest BCUT2D eigenvalue weighted by Crippen LogP contribution is -2.47. The molecule has 0 unspecified atom stereocenters. The molecule has 0 atom stereocenters. The zero-order chi connectivity index (χ0) is 17.0. The van der Waals surface area contributed by atoms with Crippen LogP contribution in [-0.4, -0.2) is 45.2 Å². The first-order valence-electron chi connectivity index (χ1n) is 8.53. The number of halogens is 1. The fourth-order valence-corrected chi connectivity index (χ4v) is 3.53. The minimum Gasteiger partial charge on any atom is -0.384 e. The lowest BCUT2D eigenvalue weighted by molar-refractivity contribution is -0.116. The molecule has 2 amide bonds.